The molecular weight excluding hydrogens is 234 g/mol. The van der Waals surface area contributed by atoms with Crippen molar-refractivity contribution in [2.45, 2.75) is 25.2 Å². The normalized spacial score (nSPS) is 19.3. The maximum Gasteiger partial charge on any atom is 0.202 e. The Morgan fingerprint density at radius 3 is 2.74 bits per heavy atom. The maximum absolute atomic E-state index is 5.95. The Kier molecular flexibility index (Phi) is 2.41. The predicted molar refractivity (Wildman–Crippen MR) is 77.2 cm³/mol. The lowest BCUT2D eigenvalue weighted by atomic mass is 9.96. The minimum absolute atomic E-state index is 0.351. The van der Waals surface area contributed by atoms with E-state index in [1.807, 2.05) is 0 Å². The number of benzene rings is 2. The first kappa shape index (κ1) is 10.8. The van der Waals surface area contributed by atoms with Crippen LogP contribution in [0.25, 0.3) is 21.9 Å². The minimum Gasteiger partial charge on any atom is -0.440 e. The van der Waals surface area contributed by atoms with Crippen molar-refractivity contribution in [1.82, 2.24) is 4.98 Å². The standard InChI is InChI=1S/C17H15NO/c1-2-6-12(7-3-1)17-18-15-10-13-8-4-5-9-14(13)11-16(15)19-17/h2,4-6,8-12H,1,3,7H2. The highest BCUT2D eigenvalue weighted by molar-refractivity contribution is 5.94. The van der Waals surface area contributed by atoms with Crippen LogP contribution in [0.5, 0.6) is 0 Å². The van der Waals surface area contributed by atoms with E-state index in [0.29, 0.717) is 5.92 Å². The molecule has 0 aliphatic heterocycles. The van der Waals surface area contributed by atoms with Crippen molar-refractivity contribution in [2.75, 3.05) is 0 Å². The summed E-state index contributed by atoms with van der Waals surface area (Å²) in [4.78, 5) is 4.67. The Labute approximate surface area is 111 Å². The van der Waals surface area contributed by atoms with Crippen molar-refractivity contribution in [3.05, 3.63) is 54.4 Å². The Hall–Kier alpha value is -2.09. The fourth-order valence-corrected chi connectivity index (χ4v) is 2.81. The molecule has 2 nitrogen and oxygen atoms in total. The summed E-state index contributed by atoms with van der Waals surface area (Å²) in [7, 11) is 0. The van der Waals surface area contributed by atoms with Crippen molar-refractivity contribution in [3.63, 3.8) is 0 Å². The van der Waals surface area contributed by atoms with E-state index in [4.69, 9.17) is 4.42 Å². The number of rotatable bonds is 1. The number of hydrogen-bond donors (Lipinski definition) is 0. The molecule has 0 N–H and O–H groups in total. The largest absolute Gasteiger partial charge is 0.440 e. The molecule has 3 aromatic rings. The van der Waals surface area contributed by atoms with Gasteiger partial charge in [-0.25, -0.2) is 4.98 Å². The predicted octanol–water partition coefficient (Wildman–Crippen LogP) is 4.80. The van der Waals surface area contributed by atoms with Gasteiger partial charge in [0.1, 0.15) is 5.52 Å². The SMILES string of the molecule is C1=CC(c2nc3cc4ccccc4cc3o2)CCC1. The quantitative estimate of drug-likeness (QED) is 0.579. The van der Waals surface area contributed by atoms with E-state index in [9.17, 15) is 0 Å². The summed E-state index contributed by atoms with van der Waals surface area (Å²) in [6.07, 6.45) is 8.01. The van der Waals surface area contributed by atoms with Gasteiger partial charge >= 0.3 is 0 Å². The van der Waals surface area contributed by atoms with E-state index < -0.39 is 0 Å². The molecule has 1 unspecified atom stereocenters. The molecule has 1 aromatic heterocycles. The van der Waals surface area contributed by atoms with Crippen LogP contribution in [-0.2, 0) is 0 Å². The van der Waals surface area contributed by atoms with Gasteiger partial charge in [-0.1, -0.05) is 36.4 Å². The second-order valence-corrected chi connectivity index (χ2v) is 5.18. The lowest BCUT2D eigenvalue weighted by Gasteiger charge is -2.11. The van der Waals surface area contributed by atoms with E-state index >= 15 is 0 Å². The molecule has 0 bridgehead atoms. The third-order valence-electron chi connectivity index (χ3n) is 3.84. The van der Waals surface area contributed by atoms with Crippen LogP contribution >= 0.6 is 0 Å². The molecule has 1 aliphatic carbocycles. The Bertz CT molecular complexity index is 717. The van der Waals surface area contributed by atoms with E-state index in [0.717, 1.165) is 23.4 Å². The monoisotopic (exact) mass is 249 g/mol. The van der Waals surface area contributed by atoms with E-state index in [-0.39, 0.29) is 0 Å². The summed E-state index contributed by atoms with van der Waals surface area (Å²) in [6.45, 7) is 0. The van der Waals surface area contributed by atoms with Gasteiger partial charge < -0.3 is 4.42 Å². The molecule has 0 amide bonds. The zero-order chi connectivity index (χ0) is 12.7. The molecule has 94 valence electrons. The second-order valence-electron chi connectivity index (χ2n) is 5.18. The fraction of sp³-hybridized carbons (Fsp3) is 0.235. The van der Waals surface area contributed by atoms with E-state index in [2.05, 4.69) is 53.5 Å². The van der Waals surface area contributed by atoms with Gasteiger partial charge in [-0.3, -0.25) is 0 Å². The van der Waals surface area contributed by atoms with Crippen molar-refractivity contribution >= 4 is 21.9 Å². The summed E-state index contributed by atoms with van der Waals surface area (Å²) in [5.41, 5.74) is 1.86. The molecule has 19 heavy (non-hydrogen) atoms. The van der Waals surface area contributed by atoms with Crippen LogP contribution in [0.1, 0.15) is 31.1 Å². The van der Waals surface area contributed by atoms with Crippen LogP contribution in [0.15, 0.2) is 53.0 Å². The van der Waals surface area contributed by atoms with E-state index in [1.165, 1.54) is 23.6 Å². The van der Waals surface area contributed by atoms with Crippen LogP contribution in [0, 0.1) is 0 Å². The van der Waals surface area contributed by atoms with Crippen LogP contribution < -0.4 is 0 Å². The summed E-state index contributed by atoms with van der Waals surface area (Å²) in [6, 6.07) is 12.5. The van der Waals surface area contributed by atoms with Gasteiger partial charge in [0, 0.05) is 0 Å². The molecule has 1 heterocycles. The molecule has 0 saturated carbocycles. The molecule has 2 aromatic carbocycles. The number of oxazole rings is 1. The molecule has 0 spiro atoms. The van der Waals surface area contributed by atoms with Gasteiger partial charge in [0.15, 0.2) is 5.58 Å². The lowest BCUT2D eigenvalue weighted by Crippen LogP contribution is -1.98. The summed E-state index contributed by atoms with van der Waals surface area (Å²) in [5, 5.41) is 2.42. The van der Waals surface area contributed by atoms with Gasteiger partial charge in [-0.2, -0.15) is 0 Å². The summed E-state index contributed by atoms with van der Waals surface area (Å²) < 4.78 is 5.95. The zero-order valence-corrected chi connectivity index (χ0v) is 10.7. The smallest absolute Gasteiger partial charge is 0.202 e. The van der Waals surface area contributed by atoms with Crippen molar-refractivity contribution < 1.29 is 4.42 Å². The van der Waals surface area contributed by atoms with Gasteiger partial charge in [0.05, 0.1) is 5.92 Å². The van der Waals surface area contributed by atoms with Gasteiger partial charge in [0.25, 0.3) is 0 Å². The molecule has 1 aliphatic rings. The first-order valence-corrected chi connectivity index (χ1v) is 6.86. The average molecular weight is 249 g/mol. The van der Waals surface area contributed by atoms with E-state index in [1.54, 1.807) is 0 Å². The van der Waals surface area contributed by atoms with Gasteiger partial charge in [-0.05, 0) is 42.2 Å². The van der Waals surface area contributed by atoms with Crippen LogP contribution in [0.4, 0.5) is 0 Å². The average Bonchev–Trinajstić information content (AvgIpc) is 2.88. The molecule has 0 saturated heterocycles. The minimum atomic E-state index is 0.351. The summed E-state index contributed by atoms with van der Waals surface area (Å²) >= 11 is 0. The van der Waals surface area contributed by atoms with Gasteiger partial charge in [0.2, 0.25) is 5.89 Å². The number of nitrogens with zero attached hydrogens (tertiary/aromatic N) is 1. The first-order valence-electron chi connectivity index (χ1n) is 6.86. The van der Waals surface area contributed by atoms with Crippen LogP contribution in [0.2, 0.25) is 0 Å². The van der Waals surface area contributed by atoms with Crippen LogP contribution in [0.3, 0.4) is 0 Å². The fourth-order valence-electron chi connectivity index (χ4n) is 2.81. The Balaban J connectivity index is 1.88. The third-order valence-corrected chi connectivity index (χ3v) is 3.84. The topological polar surface area (TPSA) is 26.0 Å². The Morgan fingerprint density at radius 1 is 1.11 bits per heavy atom. The number of allylic oxidation sites excluding steroid dienone is 2. The molecule has 2 heteroatoms. The third kappa shape index (κ3) is 1.84. The van der Waals surface area contributed by atoms with Crippen molar-refractivity contribution in [3.8, 4) is 0 Å². The highest BCUT2D eigenvalue weighted by Crippen LogP contribution is 2.31. The van der Waals surface area contributed by atoms with Crippen molar-refractivity contribution in [1.29, 1.82) is 0 Å². The number of aromatic nitrogens is 1. The number of fused-ring (bicyclic) bond motifs is 2. The van der Waals surface area contributed by atoms with Crippen molar-refractivity contribution in [2.24, 2.45) is 0 Å². The summed E-state index contributed by atoms with van der Waals surface area (Å²) in [5.74, 6) is 1.21. The second kappa shape index (κ2) is 4.23. The molecule has 0 radical (unpaired) electrons. The number of hydrogen-bond acceptors (Lipinski definition) is 2. The molecule has 4 rings (SSSR count). The highest BCUT2D eigenvalue weighted by atomic mass is 16.3. The van der Waals surface area contributed by atoms with Gasteiger partial charge in [-0.15, -0.1) is 0 Å². The zero-order valence-electron chi connectivity index (χ0n) is 10.7. The van der Waals surface area contributed by atoms with Crippen LogP contribution in [-0.4, -0.2) is 4.98 Å². The highest BCUT2D eigenvalue weighted by Gasteiger charge is 2.17. The Morgan fingerprint density at radius 2 is 1.95 bits per heavy atom. The lowest BCUT2D eigenvalue weighted by molar-refractivity contribution is 0.477. The first-order chi connectivity index (χ1) is 9.40. The molecule has 0 fully saturated rings. The molecule has 1 atom stereocenters. The maximum atomic E-state index is 5.95. The molecular formula is C17H15NO.